The van der Waals surface area contributed by atoms with E-state index in [2.05, 4.69) is 10.6 Å². The van der Waals surface area contributed by atoms with Crippen molar-refractivity contribution in [2.24, 2.45) is 0 Å². The van der Waals surface area contributed by atoms with Crippen molar-refractivity contribution < 1.29 is 9.59 Å². The summed E-state index contributed by atoms with van der Waals surface area (Å²) in [6, 6.07) is 14.8. The van der Waals surface area contributed by atoms with Crippen LogP contribution < -0.4 is 10.6 Å². The molecule has 0 unspecified atom stereocenters. The highest BCUT2D eigenvalue weighted by Gasteiger charge is 2.07. The van der Waals surface area contributed by atoms with E-state index in [4.69, 9.17) is 11.6 Å². The van der Waals surface area contributed by atoms with E-state index in [1.54, 1.807) is 12.1 Å². The van der Waals surface area contributed by atoms with E-state index < -0.39 is 0 Å². The summed E-state index contributed by atoms with van der Waals surface area (Å²) in [6.07, 6.45) is 0.530. The second-order valence-corrected chi connectivity index (χ2v) is 5.71. The van der Waals surface area contributed by atoms with Gasteiger partial charge < -0.3 is 10.6 Å². The Labute approximate surface area is 140 Å². The molecule has 0 atom stereocenters. The summed E-state index contributed by atoms with van der Waals surface area (Å²) in [5.74, 6) is -0.252. The van der Waals surface area contributed by atoms with Gasteiger partial charge in [-0.05, 0) is 30.2 Å². The van der Waals surface area contributed by atoms with Crippen LogP contribution in [-0.2, 0) is 16.0 Å². The average molecular weight is 331 g/mol. The van der Waals surface area contributed by atoms with E-state index in [1.807, 2.05) is 43.3 Å². The van der Waals surface area contributed by atoms with Gasteiger partial charge in [0.05, 0.1) is 6.42 Å². The van der Waals surface area contributed by atoms with E-state index in [1.165, 1.54) is 0 Å². The maximum absolute atomic E-state index is 11.9. The molecule has 2 rings (SSSR count). The number of aryl methyl sites for hydroxylation is 1. The molecule has 0 aromatic heterocycles. The third-order valence-corrected chi connectivity index (χ3v) is 3.59. The molecule has 0 saturated carbocycles. The number of halogens is 1. The molecule has 0 aliphatic heterocycles. The number of carbonyl (C=O) groups excluding carboxylic acids is 2. The molecule has 2 aromatic rings. The number of benzene rings is 2. The van der Waals surface area contributed by atoms with Crippen LogP contribution in [0.1, 0.15) is 17.5 Å². The summed E-state index contributed by atoms with van der Waals surface area (Å²) in [5.41, 5.74) is 2.58. The predicted octanol–water partition coefficient (Wildman–Crippen LogP) is 3.34. The molecule has 0 aliphatic carbocycles. The highest BCUT2D eigenvalue weighted by molar-refractivity contribution is 6.31. The van der Waals surface area contributed by atoms with Crippen molar-refractivity contribution in [1.29, 1.82) is 0 Å². The van der Waals surface area contributed by atoms with Gasteiger partial charge in [-0.2, -0.15) is 0 Å². The quantitative estimate of drug-likeness (QED) is 0.853. The first-order valence-corrected chi connectivity index (χ1v) is 7.79. The summed E-state index contributed by atoms with van der Waals surface area (Å²) in [5, 5.41) is 6.12. The molecule has 2 N–H and O–H groups in total. The molecule has 0 radical (unpaired) electrons. The Kier molecular flexibility index (Phi) is 6.18. The number of nitrogens with one attached hydrogen (secondary N) is 2. The first kappa shape index (κ1) is 17.0. The van der Waals surface area contributed by atoms with Crippen molar-refractivity contribution in [1.82, 2.24) is 5.32 Å². The average Bonchev–Trinajstić information content (AvgIpc) is 2.52. The number of carbonyl (C=O) groups is 2. The lowest BCUT2D eigenvalue weighted by Crippen LogP contribution is -2.28. The van der Waals surface area contributed by atoms with Gasteiger partial charge in [0.2, 0.25) is 11.8 Å². The molecule has 0 saturated heterocycles. The molecule has 2 aromatic carbocycles. The molecule has 0 heterocycles. The van der Waals surface area contributed by atoms with Gasteiger partial charge in [-0.25, -0.2) is 0 Å². The van der Waals surface area contributed by atoms with Crippen LogP contribution in [0.5, 0.6) is 0 Å². The van der Waals surface area contributed by atoms with E-state index >= 15 is 0 Å². The molecule has 0 fully saturated rings. The molecule has 2 amide bonds. The SMILES string of the molecule is Cc1ccc(Cl)cc1NC(=O)CCNC(=O)Cc1ccccc1. The number of anilines is 1. The fourth-order valence-corrected chi connectivity index (χ4v) is 2.27. The lowest BCUT2D eigenvalue weighted by Gasteiger charge is -2.09. The van der Waals surface area contributed by atoms with Gasteiger partial charge >= 0.3 is 0 Å². The van der Waals surface area contributed by atoms with Crippen LogP contribution in [0.25, 0.3) is 0 Å². The molecular weight excluding hydrogens is 312 g/mol. The topological polar surface area (TPSA) is 58.2 Å². The van der Waals surface area contributed by atoms with Crippen molar-refractivity contribution in [3.05, 3.63) is 64.7 Å². The minimum absolute atomic E-state index is 0.0945. The zero-order valence-corrected chi connectivity index (χ0v) is 13.7. The largest absolute Gasteiger partial charge is 0.355 e. The fraction of sp³-hybridized carbons (Fsp3) is 0.222. The fourth-order valence-electron chi connectivity index (χ4n) is 2.10. The van der Waals surface area contributed by atoms with E-state index in [-0.39, 0.29) is 18.2 Å². The lowest BCUT2D eigenvalue weighted by molar-refractivity contribution is -0.120. The standard InChI is InChI=1S/C18H19ClN2O2/c1-13-7-8-15(19)12-16(13)21-17(22)9-10-20-18(23)11-14-5-3-2-4-6-14/h2-8,12H,9-11H2,1H3,(H,20,23)(H,21,22). The van der Waals surface area contributed by atoms with Gasteiger partial charge in [0.1, 0.15) is 0 Å². The Morgan fingerprint density at radius 3 is 2.52 bits per heavy atom. The smallest absolute Gasteiger partial charge is 0.226 e. The van der Waals surface area contributed by atoms with Crippen molar-refractivity contribution in [3.63, 3.8) is 0 Å². The van der Waals surface area contributed by atoms with Crippen molar-refractivity contribution in [2.45, 2.75) is 19.8 Å². The summed E-state index contributed by atoms with van der Waals surface area (Å²) < 4.78 is 0. The molecule has 0 aliphatic rings. The van der Waals surface area contributed by atoms with Gasteiger partial charge in [0, 0.05) is 23.7 Å². The summed E-state index contributed by atoms with van der Waals surface area (Å²) in [4.78, 5) is 23.7. The molecule has 0 spiro atoms. The summed E-state index contributed by atoms with van der Waals surface area (Å²) in [7, 11) is 0. The van der Waals surface area contributed by atoms with Crippen LogP contribution in [0.2, 0.25) is 5.02 Å². The van der Waals surface area contributed by atoms with Gasteiger partial charge in [-0.1, -0.05) is 48.0 Å². The summed E-state index contributed by atoms with van der Waals surface area (Å²) in [6.45, 7) is 2.20. The Hall–Kier alpha value is -2.33. The number of rotatable bonds is 6. The van der Waals surface area contributed by atoms with E-state index in [0.29, 0.717) is 23.7 Å². The molecular formula is C18H19ClN2O2. The maximum Gasteiger partial charge on any atom is 0.226 e. The predicted molar refractivity (Wildman–Crippen MR) is 92.6 cm³/mol. The first-order valence-electron chi connectivity index (χ1n) is 7.41. The second kappa shape index (κ2) is 8.34. The minimum Gasteiger partial charge on any atom is -0.355 e. The van der Waals surface area contributed by atoms with Crippen LogP contribution in [0, 0.1) is 6.92 Å². The Balaban J connectivity index is 1.74. The van der Waals surface area contributed by atoms with E-state index in [0.717, 1.165) is 11.1 Å². The monoisotopic (exact) mass is 330 g/mol. The van der Waals surface area contributed by atoms with Crippen LogP contribution in [0.4, 0.5) is 5.69 Å². The highest BCUT2D eigenvalue weighted by Crippen LogP contribution is 2.20. The Bertz CT molecular complexity index is 687. The molecule has 5 heteroatoms. The molecule has 0 bridgehead atoms. The van der Waals surface area contributed by atoms with Gasteiger partial charge in [0.25, 0.3) is 0 Å². The van der Waals surface area contributed by atoms with Crippen LogP contribution >= 0.6 is 11.6 Å². The van der Waals surface area contributed by atoms with E-state index in [9.17, 15) is 9.59 Å². The van der Waals surface area contributed by atoms with Gasteiger partial charge in [0.15, 0.2) is 0 Å². The van der Waals surface area contributed by atoms with Crippen molar-refractivity contribution >= 4 is 29.1 Å². The molecule has 23 heavy (non-hydrogen) atoms. The third kappa shape index (κ3) is 5.75. The molecule has 4 nitrogen and oxygen atoms in total. The number of hydrogen-bond donors (Lipinski definition) is 2. The zero-order chi connectivity index (χ0) is 16.7. The minimum atomic E-state index is -0.157. The molecule has 120 valence electrons. The van der Waals surface area contributed by atoms with Crippen LogP contribution in [0.15, 0.2) is 48.5 Å². The van der Waals surface area contributed by atoms with Crippen LogP contribution in [-0.4, -0.2) is 18.4 Å². The van der Waals surface area contributed by atoms with Gasteiger partial charge in [-0.3, -0.25) is 9.59 Å². The first-order chi connectivity index (χ1) is 11.0. The normalized spacial score (nSPS) is 10.2. The second-order valence-electron chi connectivity index (χ2n) is 5.27. The summed E-state index contributed by atoms with van der Waals surface area (Å²) >= 11 is 5.91. The number of hydrogen-bond acceptors (Lipinski definition) is 2. The number of amides is 2. The maximum atomic E-state index is 11.9. The Morgan fingerprint density at radius 1 is 1.04 bits per heavy atom. The van der Waals surface area contributed by atoms with Gasteiger partial charge in [-0.15, -0.1) is 0 Å². The van der Waals surface area contributed by atoms with Crippen molar-refractivity contribution in [3.8, 4) is 0 Å². The lowest BCUT2D eigenvalue weighted by atomic mass is 10.1. The third-order valence-electron chi connectivity index (χ3n) is 3.36. The highest BCUT2D eigenvalue weighted by atomic mass is 35.5. The van der Waals surface area contributed by atoms with Crippen LogP contribution in [0.3, 0.4) is 0 Å². The Morgan fingerprint density at radius 2 is 1.78 bits per heavy atom. The van der Waals surface area contributed by atoms with Crippen molar-refractivity contribution in [2.75, 3.05) is 11.9 Å². The zero-order valence-electron chi connectivity index (χ0n) is 12.9.